The molecule has 0 radical (unpaired) electrons. The van der Waals surface area contributed by atoms with Gasteiger partial charge in [0.05, 0.1) is 12.7 Å². The molecule has 0 N–H and O–H groups in total. The molecule has 1 unspecified atom stereocenters. The normalized spacial score (nSPS) is 13.2. The van der Waals surface area contributed by atoms with Crippen molar-refractivity contribution in [2.75, 3.05) is 7.11 Å². The summed E-state index contributed by atoms with van der Waals surface area (Å²) in [5, 5.41) is 0. The van der Waals surface area contributed by atoms with Crippen molar-refractivity contribution in [2.24, 2.45) is 0 Å². The van der Waals surface area contributed by atoms with Crippen LogP contribution in [0.2, 0.25) is 0 Å². The zero-order valence-corrected chi connectivity index (χ0v) is 9.54. The number of rotatable bonds is 4. The van der Waals surface area contributed by atoms with Crippen LogP contribution < -0.4 is 4.74 Å². The zero-order valence-electron chi connectivity index (χ0n) is 9.54. The molecule has 0 saturated heterocycles. The fourth-order valence-corrected chi connectivity index (χ4v) is 1.57. The maximum atomic E-state index is 12.5. The van der Waals surface area contributed by atoms with Gasteiger partial charge in [0, 0.05) is 6.42 Å². The number of alkyl halides is 3. The van der Waals surface area contributed by atoms with Crippen LogP contribution in [0.15, 0.2) is 18.2 Å². The smallest absolute Gasteiger partial charge is 0.416 e. The van der Waals surface area contributed by atoms with Crippen molar-refractivity contribution in [2.45, 2.75) is 25.4 Å². The number of halogens is 3. The van der Waals surface area contributed by atoms with Crippen LogP contribution in [0.3, 0.4) is 0 Å². The van der Waals surface area contributed by atoms with Crippen LogP contribution in [0.5, 0.6) is 5.75 Å². The van der Waals surface area contributed by atoms with Crippen molar-refractivity contribution in [3.63, 3.8) is 0 Å². The number of aldehydes is 1. The number of carbonyl (C=O) groups excluding carboxylic acids is 1. The fraction of sp³-hybridized carbons (Fsp3) is 0.417. The predicted octanol–water partition coefficient (Wildman–Crippen LogP) is 3.41. The Morgan fingerprint density at radius 1 is 1.41 bits per heavy atom. The van der Waals surface area contributed by atoms with E-state index in [-0.39, 0.29) is 12.3 Å². The Morgan fingerprint density at radius 3 is 2.53 bits per heavy atom. The minimum absolute atomic E-state index is 0.164. The van der Waals surface area contributed by atoms with Crippen LogP contribution in [0, 0.1) is 0 Å². The molecule has 0 amide bonds. The van der Waals surface area contributed by atoms with Gasteiger partial charge in [-0.3, -0.25) is 0 Å². The van der Waals surface area contributed by atoms with E-state index in [0.717, 1.165) is 12.1 Å². The van der Waals surface area contributed by atoms with Gasteiger partial charge in [0.25, 0.3) is 0 Å². The van der Waals surface area contributed by atoms with Crippen LogP contribution in [-0.4, -0.2) is 13.4 Å². The molecule has 0 aromatic heterocycles. The van der Waals surface area contributed by atoms with Crippen molar-refractivity contribution >= 4 is 6.29 Å². The predicted molar refractivity (Wildman–Crippen MR) is 57.1 cm³/mol. The second-order valence-electron chi connectivity index (χ2n) is 3.76. The third-order valence-electron chi connectivity index (χ3n) is 2.54. The summed E-state index contributed by atoms with van der Waals surface area (Å²) in [6.07, 6.45) is -3.54. The first kappa shape index (κ1) is 13.5. The van der Waals surface area contributed by atoms with Gasteiger partial charge in [0.2, 0.25) is 0 Å². The van der Waals surface area contributed by atoms with Crippen LogP contribution in [0.1, 0.15) is 30.4 Å². The molecule has 0 spiro atoms. The molecule has 2 nitrogen and oxygen atoms in total. The molecule has 0 saturated carbocycles. The highest BCUT2D eigenvalue weighted by atomic mass is 19.4. The van der Waals surface area contributed by atoms with Gasteiger partial charge < -0.3 is 9.53 Å². The van der Waals surface area contributed by atoms with Gasteiger partial charge in [0.1, 0.15) is 12.0 Å². The summed E-state index contributed by atoms with van der Waals surface area (Å²) in [5.74, 6) is 0.0668. The van der Waals surface area contributed by atoms with Gasteiger partial charge in [-0.25, -0.2) is 0 Å². The molecule has 5 heteroatoms. The van der Waals surface area contributed by atoms with Gasteiger partial charge in [-0.15, -0.1) is 0 Å². The van der Waals surface area contributed by atoms with Crippen LogP contribution in [-0.2, 0) is 11.0 Å². The number of carbonyl (C=O) groups is 1. The molecule has 1 atom stereocenters. The Bertz CT molecular complexity index is 399. The molecular formula is C12H13F3O2. The molecule has 1 aromatic carbocycles. The molecule has 0 fully saturated rings. The lowest BCUT2D eigenvalue weighted by Crippen LogP contribution is -2.07. The van der Waals surface area contributed by atoms with E-state index in [4.69, 9.17) is 4.74 Å². The summed E-state index contributed by atoms with van der Waals surface area (Å²) >= 11 is 0. The number of hydrogen-bond acceptors (Lipinski definition) is 2. The lowest BCUT2D eigenvalue weighted by molar-refractivity contribution is -0.137. The number of methoxy groups -OCH3 is 1. The molecule has 0 heterocycles. The van der Waals surface area contributed by atoms with Crippen molar-refractivity contribution in [1.29, 1.82) is 0 Å². The maximum Gasteiger partial charge on any atom is 0.416 e. The number of ether oxygens (including phenoxy) is 1. The minimum atomic E-state index is -4.39. The second kappa shape index (κ2) is 5.21. The van der Waals surface area contributed by atoms with E-state index in [1.54, 1.807) is 6.92 Å². The maximum absolute atomic E-state index is 12.5. The van der Waals surface area contributed by atoms with E-state index >= 15 is 0 Å². The third kappa shape index (κ3) is 3.22. The summed E-state index contributed by atoms with van der Waals surface area (Å²) in [5.41, 5.74) is -0.333. The van der Waals surface area contributed by atoms with Gasteiger partial charge in [-0.1, -0.05) is 6.92 Å². The quantitative estimate of drug-likeness (QED) is 0.761. The number of hydrogen-bond donors (Lipinski definition) is 0. The lowest BCUT2D eigenvalue weighted by Gasteiger charge is -2.16. The Balaban J connectivity index is 3.19. The second-order valence-corrected chi connectivity index (χ2v) is 3.76. The van der Waals surface area contributed by atoms with Crippen molar-refractivity contribution in [1.82, 2.24) is 0 Å². The number of benzene rings is 1. The molecule has 94 valence electrons. The Hall–Kier alpha value is -1.52. The monoisotopic (exact) mass is 246 g/mol. The Labute approximate surface area is 97.4 Å². The van der Waals surface area contributed by atoms with Crippen molar-refractivity contribution in [3.8, 4) is 5.75 Å². The first-order valence-electron chi connectivity index (χ1n) is 5.09. The summed E-state index contributed by atoms with van der Waals surface area (Å²) in [7, 11) is 1.39. The highest BCUT2D eigenvalue weighted by Gasteiger charge is 2.31. The first-order chi connectivity index (χ1) is 7.90. The zero-order chi connectivity index (χ0) is 13.1. The summed E-state index contributed by atoms with van der Waals surface area (Å²) in [6.45, 7) is 1.69. The fourth-order valence-electron chi connectivity index (χ4n) is 1.57. The van der Waals surface area contributed by atoms with E-state index in [0.29, 0.717) is 17.6 Å². The highest BCUT2D eigenvalue weighted by molar-refractivity contribution is 5.53. The van der Waals surface area contributed by atoms with E-state index in [9.17, 15) is 18.0 Å². The molecule has 1 rings (SSSR count). The molecule has 0 aliphatic carbocycles. The van der Waals surface area contributed by atoms with Gasteiger partial charge in [-0.2, -0.15) is 13.2 Å². The average Bonchev–Trinajstić information content (AvgIpc) is 2.27. The van der Waals surface area contributed by atoms with Crippen molar-refractivity contribution in [3.05, 3.63) is 29.3 Å². The minimum Gasteiger partial charge on any atom is -0.496 e. The largest absolute Gasteiger partial charge is 0.496 e. The molecule has 0 aliphatic rings. The standard InChI is InChI=1S/C12H13F3O2/c1-8(5-6-16)10-7-9(12(13,14)15)3-4-11(10)17-2/h3-4,6-8H,5H2,1-2H3. The van der Waals surface area contributed by atoms with Gasteiger partial charge in [0.15, 0.2) is 0 Å². The molecule has 1 aromatic rings. The van der Waals surface area contributed by atoms with E-state index in [2.05, 4.69) is 0 Å². The topological polar surface area (TPSA) is 26.3 Å². The van der Waals surface area contributed by atoms with Crippen LogP contribution >= 0.6 is 0 Å². The van der Waals surface area contributed by atoms with Gasteiger partial charge >= 0.3 is 6.18 Å². The van der Waals surface area contributed by atoms with Crippen LogP contribution in [0.4, 0.5) is 13.2 Å². The molecule has 0 aliphatic heterocycles. The summed E-state index contributed by atoms with van der Waals surface area (Å²) in [4.78, 5) is 10.4. The van der Waals surface area contributed by atoms with Crippen molar-refractivity contribution < 1.29 is 22.7 Å². The molecular weight excluding hydrogens is 233 g/mol. The van der Waals surface area contributed by atoms with Gasteiger partial charge in [-0.05, 0) is 29.7 Å². The van der Waals surface area contributed by atoms with Crippen LogP contribution in [0.25, 0.3) is 0 Å². The highest BCUT2D eigenvalue weighted by Crippen LogP contribution is 2.35. The Morgan fingerprint density at radius 2 is 2.06 bits per heavy atom. The average molecular weight is 246 g/mol. The summed E-state index contributed by atoms with van der Waals surface area (Å²) in [6, 6.07) is 3.28. The summed E-state index contributed by atoms with van der Waals surface area (Å²) < 4.78 is 42.6. The molecule has 0 bridgehead atoms. The molecule has 17 heavy (non-hydrogen) atoms. The van der Waals surface area contributed by atoms with E-state index < -0.39 is 11.7 Å². The third-order valence-corrected chi connectivity index (χ3v) is 2.54. The van der Waals surface area contributed by atoms with E-state index in [1.165, 1.54) is 13.2 Å². The Kier molecular flexibility index (Phi) is 4.15. The lowest BCUT2D eigenvalue weighted by atomic mass is 9.95. The van der Waals surface area contributed by atoms with E-state index in [1.807, 2.05) is 0 Å². The SMILES string of the molecule is COc1ccc(C(F)(F)F)cc1C(C)CC=O. The first-order valence-corrected chi connectivity index (χ1v) is 5.09.